The third-order valence-electron chi connectivity index (χ3n) is 11.0. The highest BCUT2D eigenvalue weighted by Crippen LogP contribution is 2.45. The Morgan fingerprint density at radius 1 is 0.385 bits per heavy atom. The zero-order valence-corrected chi connectivity index (χ0v) is 27.8. The molecular formula is C48H27N3O. The minimum Gasteiger partial charge on any atom is -0.456 e. The number of hydrogen-bond donors (Lipinski definition) is 0. The van der Waals surface area contributed by atoms with E-state index in [1.165, 1.54) is 53.9 Å². The number of para-hydroxylation sites is 2. The number of benzene rings is 9. The zero-order valence-electron chi connectivity index (χ0n) is 27.8. The van der Waals surface area contributed by atoms with Crippen LogP contribution in [0.1, 0.15) is 0 Å². The van der Waals surface area contributed by atoms with Crippen molar-refractivity contribution in [1.29, 1.82) is 0 Å². The van der Waals surface area contributed by atoms with E-state index in [0.717, 1.165) is 55.1 Å². The minimum atomic E-state index is 0.637. The molecule has 0 aliphatic rings. The van der Waals surface area contributed by atoms with Gasteiger partial charge in [0.1, 0.15) is 11.2 Å². The van der Waals surface area contributed by atoms with Crippen LogP contribution in [0.4, 0.5) is 0 Å². The molecule has 0 unspecified atom stereocenters. The molecule has 3 heterocycles. The Balaban J connectivity index is 1.24. The summed E-state index contributed by atoms with van der Waals surface area (Å²) in [6.07, 6.45) is 0. The first kappa shape index (κ1) is 27.7. The Hall–Kier alpha value is -7.04. The van der Waals surface area contributed by atoms with Gasteiger partial charge in [-0.2, -0.15) is 0 Å². The summed E-state index contributed by atoms with van der Waals surface area (Å²) in [5.41, 5.74) is 6.63. The lowest BCUT2D eigenvalue weighted by molar-refractivity contribution is 0.669. The summed E-state index contributed by atoms with van der Waals surface area (Å²) in [6, 6.07) is 58.3. The lowest BCUT2D eigenvalue weighted by Crippen LogP contribution is -2.03. The minimum absolute atomic E-state index is 0.637. The van der Waals surface area contributed by atoms with Crippen LogP contribution < -0.4 is 0 Å². The molecule has 0 radical (unpaired) electrons. The molecule has 0 saturated heterocycles. The van der Waals surface area contributed by atoms with Gasteiger partial charge in [0.2, 0.25) is 5.95 Å². The normalized spacial score (nSPS) is 12.2. The number of aromatic nitrogens is 3. The van der Waals surface area contributed by atoms with Crippen LogP contribution in [0, 0.1) is 0 Å². The van der Waals surface area contributed by atoms with Gasteiger partial charge in [0.05, 0.1) is 22.2 Å². The second-order valence-corrected chi connectivity index (χ2v) is 13.7. The largest absolute Gasteiger partial charge is 0.456 e. The van der Waals surface area contributed by atoms with E-state index in [0.29, 0.717) is 5.95 Å². The fraction of sp³-hybridized carbons (Fsp3) is 0. The summed E-state index contributed by atoms with van der Waals surface area (Å²) in [4.78, 5) is 10.8. The Morgan fingerprint density at radius 3 is 1.79 bits per heavy atom. The lowest BCUT2D eigenvalue weighted by Gasteiger charge is -2.13. The van der Waals surface area contributed by atoms with Gasteiger partial charge in [-0.25, -0.2) is 9.97 Å². The first-order valence-electron chi connectivity index (χ1n) is 17.7. The van der Waals surface area contributed by atoms with E-state index in [-0.39, 0.29) is 0 Å². The SMILES string of the molecule is c1ccc2c(c1)ccc1c2c2c3c4ccccc4c4ccccc4c3ccc2n1-c1nc(-c2ccc3c(c2)oc2ccccc23)c2ccccc2n1. The molecule has 0 amide bonds. The van der Waals surface area contributed by atoms with Crippen molar-refractivity contribution < 1.29 is 4.42 Å². The molecule has 0 atom stereocenters. The Kier molecular flexibility index (Phi) is 5.47. The molecule has 12 aromatic rings. The average molecular weight is 662 g/mol. The molecule has 0 fully saturated rings. The number of furan rings is 1. The molecule has 0 spiro atoms. The van der Waals surface area contributed by atoms with Gasteiger partial charge in [-0.3, -0.25) is 4.57 Å². The quantitative estimate of drug-likeness (QED) is 0.173. The average Bonchev–Trinajstić information content (AvgIpc) is 3.76. The van der Waals surface area contributed by atoms with E-state index >= 15 is 0 Å². The summed E-state index contributed by atoms with van der Waals surface area (Å²) < 4.78 is 8.62. The van der Waals surface area contributed by atoms with Gasteiger partial charge in [0.15, 0.2) is 0 Å². The third-order valence-corrected chi connectivity index (χ3v) is 11.0. The number of fused-ring (bicyclic) bond motifs is 16. The highest BCUT2D eigenvalue weighted by Gasteiger charge is 2.22. The van der Waals surface area contributed by atoms with Gasteiger partial charge in [-0.15, -0.1) is 0 Å². The van der Waals surface area contributed by atoms with Crippen LogP contribution >= 0.6 is 0 Å². The van der Waals surface area contributed by atoms with Crippen molar-refractivity contribution >= 4 is 97.7 Å². The van der Waals surface area contributed by atoms with Crippen molar-refractivity contribution in [2.24, 2.45) is 0 Å². The standard InChI is InChI=1S/C48H27N3O/c1-2-12-30-28(11-1)22-25-40-45(30)46-41(26-24-37-33-15-4-3-13-31(33)32-14-5-6-17-36(32)44(37)46)51(40)48-49-39-19-9-7-18-38(39)47(50-48)29-21-23-35-34-16-8-10-20-42(34)52-43(35)27-29/h1-27H. The van der Waals surface area contributed by atoms with Crippen LogP contribution in [0.2, 0.25) is 0 Å². The van der Waals surface area contributed by atoms with Gasteiger partial charge in [-0.05, 0) is 74.1 Å². The lowest BCUT2D eigenvalue weighted by atomic mass is 9.91. The van der Waals surface area contributed by atoms with E-state index in [9.17, 15) is 0 Å². The number of nitrogens with zero attached hydrogens (tertiary/aromatic N) is 3. The molecule has 9 aromatic carbocycles. The third kappa shape index (κ3) is 3.70. The molecule has 0 bridgehead atoms. The molecule has 0 N–H and O–H groups in total. The molecule has 0 saturated carbocycles. The van der Waals surface area contributed by atoms with Gasteiger partial charge >= 0.3 is 0 Å². The first-order chi connectivity index (χ1) is 25.8. The van der Waals surface area contributed by atoms with Crippen LogP contribution in [-0.2, 0) is 0 Å². The zero-order chi connectivity index (χ0) is 33.9. The summed E-state index contributed by atoms with van der Waals surface area (Å²) >= 11 is 0. The molecule has 0 aliphatic carbocycles. The predicted molar refractivity (Wildman–Crippen MR) is 217 cm³/mol. The van der Waals surface area contributed by atoms with Crippen LogP contribution in [-0.4, -0.2) is 14.5 Å². The Bertz CT molecular complexity index is 3440. The molecule has 52 heavy (non-hydrogen) atoms. The van der Waals surface area contributed by atoms with Crippen LogP contribution in [0.3, 0.4) is 0 Å². The van der Waals surface area contributed by atoms with Crippen molar-refractivity contribution in [3.8, 4) is 17.2 Å². The molecule has 4 nitrogen and oxygen atoms in total. The summed E-state index contributed by atoms with van der Waals surface area (Å²) in [5.74, 6) is 0.637. The topological polar surface area (TPSA) is 43.9 Å². The molecule has 3 aromatic heterocycles. The van der Waals surface area contributed by atoms with Crippen molar-refractivity contribution in [1.82, 2.24) is 14.5 Å². The Labute approximate surface area is 296 Å². The van der Waals surface area contributed by atoms with Gasteiger partial charge in [-0.1, -0.05) is 127 Å². The molecular weight excluding hydrogens is 635 g/mol. The van der Waals surface area contributed by atoms with Gasteiger partial charge in [0.25, 0.3) is 0 Å². The second-order valence-electron chi connectivity index (χ2n) is 13.7. The predicted octanol–water partition coefficient (Wildman–Crippen LogP) is 12.9. The van der Waals surface area contributed by atoms with E-state index in [1.54, 1.807) is 0 Å². The first-order valence-corrected chi connectivity index (χ1v) is 17.7. The molecule has 240 valence electrons. The van der Waals surface area contributed by atoms with Crippen molar-refractivity contribution in [3.05, 3.63) is 164 Å². The monoisotopic (exact) mass is 661 g/mol. The molecule has 12 rings (SSSR count). The maximum absolute atomic E-state index is 6.34. The van der Waals surface area contributed by atoms with E-state index in [2.05, 4.69) is 156 Å². The highest BCUT2D eigenvalue weighted by atomic mass is 16.3. The van der Waals surface area contributed by atoms with E-state index in [4.69, 9.17) is 14.4 Å². The summed E-state index contributed by atoms with van der Waals surface area (Å²) in [7, 11) is 0. The van der Waals surface area contributed by atoms with Crippen LogP contribution in [0.25, 0.3) is 115 Å². The van der Waals surface area contributed by atoms with Crippen molar-refractivity contribution in [2.75, 3.05) is 0 Å². The van der Waals surface area contributed by atoms with E-state index < -0.39 is 0 Å². The fourth-order valence-electron chi connectivity index (χ4n) is 8.74. The van der Waals surface area contributed by atoms with Crippen LogP contribution in [0.15, 0.2) is 168 Å². The van der Waals surface area contributed by atoms with Gasteiger partial charge in [0, 0.05) is 37.9 Å². The fourth-order valence-corrected chi connectivity index (χ4v) is 8.74. The summed E-state index contributed by atoms with van der Waals surface area (Å²) in [6.45, 7) is 0. The smallest absolute Gasteiger partial charge is 0.235 e. The maximum atomic E-state index is 6.34. The van der Waals surface area contributed by atoms with Crippen LogP contribution in [0.5, 0.6) is 0 Å². The van der Waals surface area contributed by atoms with Gasteiger partial charge < -0.3 is 4.42 Å². The second kappa shape index (κ2) is 10.3. The van der Waals surface area contributed by atoms with E-state index in [1.807, 2.05) is 12.1 Å². The Morgan fingerprint density at radius 2 is 0.962 bits per heavy atom. The summed E-state index contributed by atoms with van der Waals surface area (Å²) in [5, 5.41) is 15.6. The maximum Gasteiger partial charge on any atom is 0.235 e. The highest BCUT2D eigenvalue weighted by molar-refractivity contribution is 6.37. The molecule has 4 heteroatoms. The number of hydrogen-bond acceptors (Lipinski definition) is 3. The molecule has 0 aliphatic heterocycles. The van der Waals surface area contributed by atoms with Crippen molar-refractivity contribution in [2.45, 2.75) is 0 Å². The number of rotatable bonds is 2. The van der Waals surface area contributed by atoms with Crippen molar-refractivity contribution in [3.63, 3.8) is 0 Å².